The summed E-state index contributed by atoms with van der Waals surface area (Å²) < 4.78 is 3.54. The predicted octanol–water partition coefficient (Wildman–Crippen LogP) is 3.69. The van der Waals surface area contributed by atoms with Gasteiger partial charge in [-0.05, 0) is 37.3 Å². The van der Waals surface area contributed by atoms with Crippen molar-refractivity contribution >= 4 is 5.78 Å². The fourth-order valence-corrected chi connectivity index (χ4v) is 4.43. The number of hydrogen-bond acceptors (Lipinski definition) is 3. The molecule has 2 heterocycles. The average Bonchev–Trinajstić information content (AvgIpc) is 2.96. The van der Waals surface area contributed by atoms with E-state index in [2.05, 4.69) is 36.3 Å². The number of pyridine rings is 1. The van der Waals surface area contributed by atoms with Gasteiger partial charge in [-0.2, -0.15) is 5.10 Å². The van der Waals surface area contributed by atoms with Crippen LogP contribution in [-0.4, -0.2) is 20.1 Å². The van der Waals surface area contributed by atoms with Gasteiger partial charge in [0.15, 0.2) is 0 Å². The SMILES string of the molecule is CC(=O)CC1CC(c2ccc(C)cc2)c2c(cnn2C)-c2cn(C)c(=O)cc21. The Morgan fingerprint density at radius 2 is 1.89 bits per heavy atom. The van der Waals surface area contributed by atoms with E-state index in [-0.39, 0.29) is 23.2 Å². The number of benzene rings is 1. The number of carbonyl (C=O) groups excluding carboxylic acids is 1. The maximum absolute atomic E-state index is 12.4. The van der Waals surface area contributed by atoms with E-state index < -0.39 is 0 Å². The van der Waals surface area contributed by atoms with Crippen molar-refractivity contribution in [3.05, 3.63) is 75.5 Å². The topological polar surface area (TPSA) is 56.9 Å². The van der Waals surface area contributed by atoms with Gasteiger partial charge < -0.3 is 9.36 Å². The van der Waals surface area contributed by atoms with Gasteiger partial charge in [0, 0.05) is 49.8 Å². The summed E-state index contributed by atoms with van der Waals surface area (Å²) in [5.41, 5.74) is 6.53. The van der Waals surface area contributed by atoms with Crippen molar-refractivity contribution in [1.29, 1.82) is 0 Å². The van der Waals surface area contributed by atoms with Crippen molar-refractivity contribution < 1.29 is 4.79 Å². The molecule has 1 aliphatic carbocycles. The number of rotatable bonds is 3. The summed E-state index contributed by atoms with van der Waals surface area (Å²) in [6.45, 7) is 3.71. The van der Waals surface area contributed by atoms with E-state index in [9.17, 15) is 9.59 Å². The minimum Gasteiger partial charge on any atom is -0.318 e. The lowest BCUT2D eigenvalue weighted by Crippen LogP contribution is -2.18. The smallest absolute Gasteiger partial charge is 0.250 e. The lowest BCUT2D eigenvalue weighted by atomic mass is 9.83. The number of carbonyl (C=O) groups is 1. The second-order valence-corrected chi connectivity index (χ2v) is 7.96. The first-order valence-electron chi connectivity index (χ1n) is 9.64. The Kier molecular flexibility index (Phi) is 4.53. The Morgan fingerprint density at radius 1 is 1.18 bits per heavy atom. The Balaban J connectivity index is 1.97. The van der Waals surface area contributed by atoms with Crippen molar-refractivity contribution in [3.8, 4) is 11.1 Å². The minimum absolute atomic E-state index is 0.0000954. The molecule has 0 aliphatic heterocycles. The van der Waals surface area contributed by atoms with Gasteiger partial charge in [-0.3, -0.25) is 9.48 Å². The Labute approximate surface area is 164 Å². The maximum atomic E-state index is 12.4. The zero-order valence-electron chi connectivity index (χ0n) is 16.8. The normalized spacial score (nSPS) is 18.3. The number of aryl methyl sites for hydroxylation is 3. The first-order chi connectivity index (χ1) is 13.3. The van der Waals surface area contributed by atoms with Crippen molar-refractivity contribution in [2.45, 2.75) is 38.5 Å². The van der Waals surface area contributed by atoms with Crippen LogP contribution in [0.1, 0.15) is 54.0 Å². The lowest BCUT2D eigenvalue weighted by molar-refractivity contribution is -0.117. The summed E-state index contributed by atoms with van der Waals surface area (Å²) in [6, 6.07) is 10.3. The highest BCUT2D eigenvalue weighted by Crippen LogP contribution is 2.46. The van der Waals surface area contributed by atoms with Crippen LogP contribution >= 0.6 is 0 Å². The predicted molar refractivity (Wildman–Crippen MR) is 110 cm³/mol. The molecule has 2 atom stereocenters. The third-order valence-corrected chi connectivity index (χ3v) is 5.84. The largest absolute Gasteiger partial charge is 0.318 e. The quantitative estimate of drug-likeness (QED) is 0.701. The lowest BCUT2D eigenvalue weighted by Gasteiger charge is -2.22. The summed E-state index contributed by atoms with van der Waals surface area (Å²) >= 11 is 0. The highest BCUT2D eigenvalue weighted by Gasteiger charge is 2.33. The molecule has 2 aromatic heterocycles. The highest BCUT2D eigenvalue weighted by molar-refractivity contribution is 5.78. The molecule has 5 heteroatoms. The molecule has 0 spiro atoms. The third kappa shape index (κ3) is 3.11. The molecule has 2 unspecified atom stereocenters. The van der Waals surface area contributed by atoms with Gasteiger partial charge in [0.25, 0.3) is 5.56 Å². The molecular weight excluding hydrogens is 350 g/mol. The molecule has 144 valence electrons. The molecule has 0 radical (unpaired) electrons. The van der Waals surface area contributed by atoms with Crippen molar-refractivity contribution in [1.82, 2.24) is 14.3 Å². The van der Waals surface area contributed by atoms with E-state index in [0.29, 0.717) is 6.42 Å². The minimum atomic E-state index is -0.0495. The van der Waals surface area contributed by atoms with Crippen molar-refractivity contribution in [3.63, 3.8) is 0 Å². The number of ketones is 1. The summed E-state index contributed by atoms with van der Waals surface area (Å²) in [6.07, 6.45) is 4.98. The van der Waals surface area contributed by atoms with Gasteiger partial charge >= 0.3 is 0 Å². The van der Waals surface area contributed by atoms with E-state index in [4.69, 9.17) is 0 Å². The first-order valence-corrected chi connectivity index (χ1v) is 9.64. The third-order valence-electron chi connectivity index (χ3n) is 5.84. The van der Waals surface area contributed by atoms with Crippen LogP contribution in [0.4, 0.5) is 0 Å². The van der Waals surface area contributed by atoms with Crippen LogP contribution in [0.25, 0.3) is 11.1 Å². The molecule has 1 aliphatic rings. The van der Waals surface area contributed by atoms with Crippen molar-refractivity contribution in [2.75, 3.05) is 0 Å². The highest BCUT2D eigenvalue weighted by atomic mass is 16.1. The van der Waals surface area contributed by atoms with Gasteiger partial charge in [-0.1, -0.05) is 29.8 Å². The van der Waals surface area contributed by atoms with E-state index in [1.165, 1.54) is 11.1 Å². The molecular formula is C23H25N3O2. The molecule has 4 rings (SSSR count). The molecule has 0 fully saturated rings. The van der Waals surface area contributed by atoms with Gasteiger partial charge in [0.1, 0.15) is 5.78 Å². The number of nitrogens with zero attached hydrogens (tertiary/aromatic N) is 3. The zero-order chi connectivity index (χ0) is 20.0. The van der Waals surface area contributed by atoms with Crippen LogP contribution in [0, 0.1) is 6.92 Å². The summed E-state index contributed by atoms with van der Waals surface area (Å²) in [4.78, 5) is 24.4. The second-order valence-electron chi connectivity index (χ2n) is 7.96. The van der Waals surface area contributed by atoms with Crippen LogP contribution in [0.3, 0.4) is 0 Å². The number of fused-ring (bicyclic) bond motifs is 3. The fourth-order valence-electron chi connectivity index (χ4n) is 4.43. The van der Waals surface area contributed by atoms with E-state index in [0.717, 1.165) is 28.8 Å². The van der Waals surface area contributed by atoms with Gasteiger partial charge in [-0.25, -0.2) is 0 Å². The van der Waals surface area contributed by atoms with E-state index >= 15 is 0 Å². The first kappa shape index (κ1) is 18.4. The van der Waals surface area contributed by atoms with Crippen LogP contribution in [0.15, 0.2) is 47.5 Å². The van der Waals surface area contributed by atoms with Gasteiger partial charge in [0.2, 0.25) is 0 Å². The molecule has 28 heavy (non-hydrogen) atoms. The summed E-state index contributed by atoms with van der Waals surface area (Å²) in [5, 5.41) is 4.53. The van der Waals surface area contributed by atoms with Gasteiger partial charge in [0.05, 0.1) is 11.9 Å². The van der Waals surface area contributed by atoms with E-state index in [1.807, 2.05) is 24.1 Å². The summed E-state index contributed by atoms with van der Waals surface area (Å²) in [7, 11) is 3.73. The fraction of sp³-hybridized carbons (Fsp3) is 0.348. The Bertz CT molecular complexity index is 1110. The Hall–Kier alpha value is -2.95. The zero-order valence-corrected chi connectivity index (χ0v) is 16.8. The Morgan fingerprint density at radius 3 is 2.57 bits per heavy atom. The number of aromatic nitrogens is 3. The van der Waals surface area contributed by atoms with Crippen LogP contribution < -0.4 is 5.56 Å². The average molecular weight is 375 g/mol. The number of Topliss-reactive ketones (excluding diaryl/α,β-unsaturated/α-hetero) is 1. The van der Waals surface area contributed by atoms with Crippen molar-refractivity contribution in [2.24, 2.45) is 14.1 Å². The monoisotopic (exact) mass is 375 g/mol. The van der Waals surface area contributed by atoms with Crippen LogP contribution in [0.2, 0.25) is 0 Å². The molecule has 0 amide bonds. The number of hydrogen-bond donors (Lipinski definition) is 0. The van der Waals surface area contributed by atoms with Crippen LogP contribution in [0.5, 0.6) is 0 Å². The molecule has 5 nitrogen and oxygen atoms in total. The second kappa shape index (κ2) is 6.89. The van der Waals surface area contributed by atoms with Gasteiger partial charge in [-0.15, -0.1) is 0 Å². The maximum Gasteiger partial charge on any atom is 0.250 e. The summed E-state index contributed by atoms with van der Waals surface area (Å²) in [5.74, 6) is 0.253. The standard InChI is InChI=1S/C23H25N3O2/c1-14-5-7-16(8-6-14)19-10-17(9-15(2)27)18-11-22(28)25(3)13-21(18)20-12-24-26(4)23(19)20/h5-8,11-13,17,19H,9-10H2,1-4H3. The molecule has 0 bridgehead atoms. The molecule has 3 aromatic rings. The molecule has 0 N–H and O–H groups in total. The van der Waals surface area contributed by atoms with Crippen LogP contribution in [-0.2, 0) is 18.9 Å². The molecule has 0 saturated carbocycles. The molecule has 1 aromatic carbocycles. The van der Waals surface area contributed by atoms with E-state index in [1.54, 1.807) is 24.6 Å². The molecule has 0 saturated heterocycles.